The first-order chi connectivity index (χ1) is 11.6. The average Bonchev–Trinajstić information content (AvgIpc) is 3.18. The van der Waals surface area contributed by atoms with E-state index in [-0.39, 0.29) is 11.8 Å². The van der Waals surface area contributed by atoms with Crippen molar-refractivity contribution in [2.24, 2.45) is 0 Å². The van der Waals surface area contributed by atoms with E-state index >= 15 is 0 Å². The van der Waals surface area contributed by atoms with Crippen LogP contribution in [0.5, 0.6) is 0 Å². The predicted molar refractivity (Wildman–Crippen MR) is 87.9 cm³/mol. The number of nitrogens with zero attached hydrogens (tertiary/aromatic N) is 3. The molecule has 4 rings (SSSR count). The van der Waals surface area contributed by atoms with Crippen molar-refractivity contribution in [2.75, 3.05) is 13.1 Å². The topological polar surface area (TPSA) is 72.4 Å². The highest BCUT2D eigenvalue weighted by atomic mass is 16.5. The number of benzene rings is 1. The second-order valence-electron chi connectivity index (χ2n) is 6.29. The summed E-state index contributed by atoms with van der Waals surface area (Å²) in [6.07, 6.45) is 1.70. The number of hydrogen-bond acceptors (Lipinski definition) is 5. The first-order valence-electron chi connectivity index (χ1n) is 8.21. The standard InChI is InChI=1S/C18H19N3O3/c1-11-16(12(2)24-20-11)18(22)21-9-7-13(8-10-21)17-19-14-5-3-4-6-15(14)23-17/h3-6,13H,7-10H2,1-2H3. The lowest BCUT2D eigenvalue weighted by molar-refractivity contribution is 0.0704. The van der Waals surface area contributed by atoms with E-state index in [0.29, 0.717) is 30.1 Å². The Morgan fingerprint density at radius 3 is 2.62 bits per heavy atom. The van der Waals surface area contributed by atoms with Gasteiger partial charge < -0.3 is 13.8 Å². The smallest absolute Gasteiger partial charge is 0.259 e. The lowest BCUT2D eigenvalue weighted by Gasteiger charge is -2.30. The lowest BCUT2D eigenvalue weighted by atomic mass is 9.96. The minimum atomic E-state index is 0.00210. The fraction of sp³-hybridized carbons (Fsp3) is 0.389. The van der Waals surface area contributed by atoms with E-state index in [1.807, 2.05) is 29.2 Å². The van der Waals surface area contributed by atoms with E-state index in [1.165, 1.54) is 0 Å². The number of carbonyl (C=O) groups excluding carboxylic acids is 1. The van der Waals surface area contributed by atoms with Gasteiger partial charge in [-0.2, -0.15) is 0 Å². The molecule has 1 aliphatic heterocycles. The van der Waals surface area contributed by atoms with Crippen molar-refractivity contribution in [1.82, 2.24) is 15.0 Å². The Hall–Kier alpha value is -2.63. The van der Waals surface area contributed by atoms with Crippen molar-refractivity contribution in [2.45, 2.75) is 32.6 Å². The Kier molecular flexibility index (Phi) is 3.59. The Labute approximate surface area is 139 Å². The summed E-state index contributed by atoms with van der Waals surface area (Å²) in [7, 11) is 0. The van der Waals surface area contributed by atoms with Gasteiger partial charge >= 0.3 is 0 Å². The molecule has 0 unspecified atom stereocenters. The molecule has 1 aliphatic rings. The van der Waals surface area contributed by atoms with E-state index in [9.17, 15) is 4.79 Å². The monoisotopic (exact) mass is 325 g/mol. The van der Waals surface area contributed by atoms with Crippen molar-refractivity contribution < 1.29 is 13.7 Å². The van der Waals surface area contributed by atoms with Crippen LogP contribution in [0.25, 0.3) is 11.1 Å². The van der Waals surface area contributed by atoms with E-state index in [4.69, 9.17) is 8.94 Å². The first-order valence-corrected chi connectivity index (χ1v) is 8.21. The molecule has 6 nitrogen and oxygen atoms in total. The number of aromatic nitrogens is 2. The summed E-state index contributed by atoms with van der Waals surface area (Å²) in [5, 5.41) is 3.87. The molecule has 2 aromatic heterocycles. The minimum absolute atomic E-state index is 0.00210. The van der Waals surface area contributed by atoms with Crippen molar-refractivity contribution in [3.63, 3.8) is 0 Å². The van der Waals surface area contributed by atoms with Gasteiger partial charge in [-0.25, -0.2) is 4.98 Å². The molecule has 0 bridgehead atoms. The highest BCUT2D eigenvalue weighted by molar-refractivity contribution is 5.96. The molecule has 1 amide bonds. The number of rotatable bonds is 2. The summed E-state index contributed by atoms with van der Waals surface area (Å²) >= 11 is 0. The number of carbonyl (C=O) groups is 1. The third kappa shape index (κ3) is 2.48. The van der Waals surface area contributed by atoms with E-state index in [1.54, 1.807) is 13.8 Å². The molecule has 1 saturated heterocycles. The zero-order valence-corrected chi connectivity index (χ0v) is 13.8. The van der Waals surface area contributed by atoms with Crippen LogP contribution in [0, 0.1) is 13.8 Å². The van der Waals surface area contributed by atoms with Gasteiger partial charge in [-0.1, -0.05) is 17.3 Å². The molecule has 0 aliphatic carbocycles. The second kappa shape index (κ2) is 5.78. The maximum absolute atomic E-state index is 12.7. The van der Waals surface area contributed by atoms with E-state index < -0.39 is 0 Å². The van der Waals surface area contributed by atoms with Crippen molar-refractivity contribution >= 4 is 17.0 Å². The summed E-state index contributed by atoms with van der Waals surface area (Å²) in [5.74, 6) is 1.62. The maximum Gasteiger partial charge on any atom is 0.259 e. The second-order valence-corrected chi connectivity index (χ2v) is 6.29. The Morgan fingerprint density at radius 1 is 1.21 bits per heavy atom. The summed E-state index contributed by atoms with van der Waals surface area (Å²) in [4.78, 5) is 19.1. The van der Waals surface area contributed by atoms with Crippen LogP contribution in [-0.4, -0.2) is 34.0 Å². The van der Waals surface area contributed by atoms with Crippen LogP contribution < -0.4 is 0 Å². The third-order valence-electron chi connectivity index (χ3n) is 4.69. The molecule has 6 heteroatoms. The van der Waals surface area contributed by atoms with E-state index in [2.05, 4.69) is 10.1 Å². The molecule has 0 atom stereocenters. The molecule has 0 radical (unpaired) electrons. The van der Waals surface area contributed by atoms with Gasteiger partial charge in [0.15, 0.2) is 11.5 Å². The molecule has 3 aromatic rings. The normalized spacial score (nSPS) is 16.0. The molecule has 0 spiro atoms. The fourth-order valence-corrected chi connectivity index (χ4v) is 3.34. The molecular weight excluding hydrogens is 306 g/mol. The quantitative estimate of drug-likeness (QED) is 0.721. The van der Waals surface area contributed by atoms with E-state index in [0.717, 1.165) is 29.8 Å². The summed E-state index contributed by atoms with van der Waals surface area (Å²) in [6.45, 7) is 4.95. The predicted octanol–water partition coefficient (Wildman–Crippen LogP) is 3.45. The third-order valence-corrected chi connectivity index (χ3v) is 4.69. The summed E-state index contributed by atoms with van der Waals surface area (Å²) in [5.41, 5.74) is 2.96. The Bertz CT molecular complexity index is 835. The number of fused-ring (bicyclic) bond motifs is 1. The molecule has 3 heterocycles. The average molecular weight is 325 g/mol. The summed E-state index contributed by atoms with van der Waals surface area (Å²) < 4.78 is 11.0. The van der Waals surface area contributed by atoms with Crippen molar-refractivity contribution in [3.05, 3.63) is 47.2 Å². The maximum atomic E-state index is 12.7. The molecule has 1 aromatic carbocycles. The molecule has 0 saturated carbocycles. The number of likely N-dealkylation sites (tertiary alicyclic amines) is 1. The molecule has 24 heavy (non-hydrogen) atoms. The first kappa shape index (κ1) is 14.9. The van der Waals surface area contributed by atoms with Crippen LogP contribution in [0.2, 0.25) is 0 Å². The molecule has 1 fully saturated rings. The van der Waals surface area contributed by atoms with Gasteiger partial charge in [-0.3, -0.25) is 4.79 Å². The molecule has 0 N–H and O–H groups in total. The Balaban J connectivity index is 1.47. The minimum Gasteiger partial charge on any atom is -0.440 e. The van der Waals surface area contributed by atoms with Gasteiger partial charge in [-0.15, -0.1) is 0 Å². The van der Waals surface area contributed by atoms with Gasteiger partial charge in [0.25, 0.3) is 5.91 Å². The SMILES string of the molecule is Cc1noc(C)c1C(=O)N1CCC(c2nc3ccccc3o2)CC1. The van der Waals surface area contributed by atoms with Gasteiger partial charge in [0.2, 0.25) is 0 Å². The number of oxazole rings is 1. The van der Waals surface area contributed by atoms with Crippen LogP contribution in [0.4, 0.5) is 0 Å². The largest absolute Gasteiger partial charge is 0.440 e. The zero-order valence-electron chi connectivity index (χ0n) is 13.8. The zero-order chi connectivity index (χ0) is 16.7. The van der Waals surface area contributed by atoms with Gasteiger partial charge in [0.05, 0.1) is 5.69 Å². The van der Waals surface area contributed by atoms with Crippen LogP contribution in [0.15, 0.2) is 33.2 Å². The number of para-hydroxylation sites is 2. The van der Waals surface area contributed by atoms with Crippen LogP contribution in [-0.2, 0) is 0 Å². The molecule has 124 valence electrons. The highest BCUT2D eigenvalue weighted by Crippen LogP contribution is 2.30. The summed E-state index contributed by atoms with van der Waals surface area (Å²) in [6, 6.07) is 7.79. The number of aryl methyl sites for hydroxylation is 2. The van der Waals surface area contributed by atoms with Gasteiger partial charge in [0, 0.05) is 19.0 Å². The number of piperidine rings is 1. The Morgan fingerprint density at radius 2 is 1.96 bits per heavy atom. The van der Waals surface area contributed by atoms with Crippen molar-refractivity contribution in [1.29, 1.82) is 0 Å². The number of hydrogen-bond donors (Lipinski definition) is 0. The van der Waals surface area contributed by atoms with Crippen molar-refractivity contribution in [3.8, 4) is 0 Å². The number of amides is 1. The molecular formula is C18H19N3O3. The highest BCUT2D eigenvalue weighted by Gasteiger charge is 2.30. The van der Waals surface area contributed by atoms with Crippen LogP contribution in [0.3, 0.4) is 0 Å². The van der Waals surface area contributed by atoms with Crippen LogP contribution in [0.1, 0.15) is 46.5 Å². The van der Waals surface area contributed by atoms with Crippen LogP contribution >= 0.6 is 0 Å². The lowest BCUT2D eigenvalue weighted by Crippen LogP contribution is -2.38. The fourth-order valence-electron chi connectivity index (χ4n) is 3.34. The van der Waals surface area contributed by atoms with Gasteiger partial charge in [-0.05, 0) is 38.8 Å². The van der Waals surface area contributed by atoms with Gasteiger partial charge in [0.1, 0.15) is 16.8 Å².